The van der Waals surface area contributed by atoms with E-state index in [1.807, 2.05) is 0 Å². The number of benzene rings is 3. The van der Waals surface area contributed by atoms with E-state index >= 15 is 0 Å². The Balaban J connectivity index is 1.34. The smallest absolute Gasteiger partial charge is 0.267 e. The van der Waals surface area contributed by atoms with Gasteiger partial charge in [0.2, 0.25) is 0 Å². The summed E-state index contributed by atoms with van der Waals surface area (Å²) in [6.45, 7) is 9.93. The first kappa shape index (κ1) is 19.4. The summed E-state index contributed by atoms with van der Waals surface area (Å²) in [7, 11) is -3.94. The topological polar surface area (TPSA) is 19.7 Å². The molecule has 9 rings (SSSR count). The molecule has 0 fully saturated rings. The lowest BCUT2D eigenvalue weighted by atomic mass is 10.2. The Labute approximate surface area is 210 Å². The first-order valence-corrected chi connectivity index (χ1v) is 18.6. The van der Waals surface area contributed by atoms with Crippen LogP contribution in [0.15, 0.2) is 84.9 Å². The van der Waals surface area contributed by atoms with Crippen molar-refractivity contribution in [3.63, 3.8) is 0 Å². The lowest BCUT2D eigenvalue weighted by molar-refractivity contribution is 1.15. The van der Waals surface area contributed by atoms with Crippen molar-refractivity contribution in [3.8, 4) is 22.8 Å². The van der Waals surface area contributed by atoms with E-state index in [1.54, 1.807) is 0 Å². The van der Waals surface area contributed by atoms with Crippen LogP contribution in [0.2, 0.25) is 26.2 Å². The van der Waals surface area contributed by atoms with Crippen LogP contribution in [-0.4, -0.2) is 33.7 Å². The fourth-order valence-corrected chi connectivity index (χ4v) is 14.2. The maximum atomic E-state index is 2.69. The summed E-state index contributed by atoms with van der Waals surface area (Å²) < 4.78 is 10.7. The van der Waals surface area contributed by atoms with Crippen LogP contribution in [0, 0.1) is 0 Å². The Morgan fingerprint density at radius 3 is 1.14 bits per heavy atom. The predicted octanol–water partition coefficient (Wildman–Crippen LogP) is 7.66. The van der Waals surface area contributed by atoms with Crippen molar-refractivity contribution in [3.05, 3.63) is 84.9 Å². The van der Waals surface area contributed by atoms with E-state index in [9.17, 15) is 0 Å². The minimum atomic E-state index is -1.97. The molecule has 6 heterocycles. The lowest BCUT2D eigenvalue weighted by Crippen LogP contribution is -2.41. The summed E-state index contributed by atoms with van der Waals surface area (Å²) in [4.78, 5) is 0. The highest BCUT2D eigenvalue weighted by Gasteiger charge is 2.42. The fraction of sp³-hybridized carbons (Fsp3) is 0.133. The normalized spacial score (nSPS) is 16.8. The molecular formula is C30H26N4Si2. The van der Waals surface area contributed by atoms with Gasteiger partial charge in [-0.1, -0.05) is 36.4 Å². The molecule has 4 aromatic heterocycles. The standard InChI is InChI=1S/C30H26N4Si2/c1-35(2)31-23-11-7-5-9-19(23)13-27(31)29-17-21-16-26-22(15-25(21)33(29)35)18-30-28-14-20-10-6-8-12-24(20)32(28)36(3,4)34(26)30/h5-18H,1-4H3. The molecule has 2 aliphatic rings. The third-order valence-corrected chi connectivity index (χ3v) is 15.2. The summed E-state index contributed by atoms with van der Waals surface area (Å²) in [6, 6.07) is 32.3. The van der Waals surface area contributed by atoms with Crippen LogP contribution in [0.25, 0.3) is 66.4 Å². The van der Waals surface area contributed by atoms with E-state index in [-0.39, 0.29) is 0 Å². The molecular weight excluding hydrogens is 473 g/mol. The van der Waals surface area contributed by atoms with E-state index in [1.165, 1.54) is 66.4 Å². The van der Waals surface area contributed by atoms with Gasteiger partial charge in [0.25, 0.3) is 16.8 Å². The monoisotopic (exact) mass is 498 g/mol. The number of hydrogen-bond donors (Lipinski definition) is 0. The number of para-hydroxylation sites is 2. The quantitative estimate of drug-likeness (QED) is 0.191. The Hall–Kier alpha value is -3.75. The second-order valence-corrected chi connectivity index (χ2v) is 19.3. The Bertz CT molecular complexity index is 1960. The highest BCUT2D eigenvalue weighted by molar-refractivity contribution is 6.79. The Kier molecular flexibility index (Phi) is 3.13. The van der Waals surface area contributed by atoms with Crippen molar-refractivity contribution in [1.82, 2.24) is 16.9 Å². The second kappa shape index (κ2) is 5.80. The SMILES string of the molecule is C[Si]1(C)n2c(cc3ccccc32)-c2cc3cc4c(cc5n4[Si](C)(C)n4c-5cc5ccccc54)cc3n21. The van der Waals surface area contributed by atoms with E-state index in [2.05, 4.69) is 128 Å². The number of fused-ring (bicyclic) bond motifs is 14. The van der Waals surface area contributed by atoms with E-state index < -0.39 is 16.8 Å². The molecule has 0 radical (unpaired) electrons. The zero-order chi connectivity index (χ0) is 24.1. The van der Waals surface area contributed by atoms with Gasteiger partial charge < -0.3 is 16.9 Å². The van der Waals surface area contributed by atoms with Crippen LogP contribution in [-0.2, 0) is 0 Å². The van der Waals surface area contributed by atoms with Crippen molar-refractivity contribution in [2.24, 2.45) is 0 Å². The fourth-order valence-electron chi connectivity index (χ4n) is 7.53. The average molecular weight is 499 g/mol. The minimum absolute atomic E-state index is 1.35. The Morgan fingerprint density at radius 1 is 0.389 bits per heavy atom. The van der Waals surface area contributed by atoms with Crippen LogP contribution in [0.3, 0.4) is 0 Å². The molecule has 0 aliphatic carbocycles. The van der Waals surface area contributed by atoms with Crippen LogP contribution >= 0.6 is 0 Å². The molecule has 0 amide bonds. The maximum absolute atomic E-state index is 2.69. The van der Waals surface area contributed by atoms with Crippen molar-refractivity contribution in [2.75, 3.05) is 0 Å². The molecule has 2 aliphatic heterocycles. The van der Waals surface area contributed by atoms with Gasteiger partial charge in [0.05, 0.1) is 22.8 Å². The Morgan fingerprint density at radius 2 is 0.722 bits per heavy atom. The number of rotatable bonds is 0. The van der Waals surface area contributed by atoms with Crippen molar-refractivity contribution < 1.29 is 0 Å². The molecule has 0 unspecified atom stereocenters. The largest absolute Gasteiger partial charge is 0.348 e. The van der Waals surface area contributed by atoms with Crippen molar-refractivity contribution >= 4 is 60.4 Å². The molecule has 0 saturated heterocycles. The van der Waals surface area contributed by atoms with Gasteiger partial charge in [-0.15, -0.1) is 0 Å². The predicted molar refractivity (Wildman–Crippen MR) is 156 cm³/mol. The van der Waals surface area contributed by atoms with Crippen LogP contribution in [0.4, 0.5) is 0 Å². The lowest BCUT2D eigenvalue weighted by Gasteiger charge is -2.25. The van der Waals surface area contributed by atoms with Crippen LogP contribution < -0.4 is 0 Å². The van der Waals surface area contributed by atoms with Gasteiger partial charge >= 0.3 is 0 Å². The molecule has 0 atom stereocenters. The molecule has 6 heteroatoms. The summed E-state index contributed by atoms with van der Waals surface area (Å²) in [5, 5.41) is 5.42. The molecule has 4 nitrogen and oxygen atoms in total. The molecule has 3 aromatic carbocycles. The summed E-state index contributed by atoms with van der Waals surface area (Å²) >= 11 is 0. The first-order chi connectivity index (χ1) is 17.4. The summed E-state index contributed by atoms with van der Waals surface area (Å²) in [6.07, 6.45) is 0. The number of aromatic nitrogens is 4. The first-order valence-electron chi connectivity index (χ1n) is 12.8. The van der Waals surface area contributed by atoms with E-state index in [0.29, 0.717) is 0 Å². The zero-order valence-electron chi connectivity index (χ0n) is 20.9. The number of hydrogen-bond acceptors (Lipinski definition) is 0. The average Bonchev–Trinajstić information content (AvgIpc) is 3.64. The summed E-state index contributed by atoms with van der Waals surface area (Å²) in [5.74, 6) is 0. The highest BCUT2D eigenvalue weighted by atomic mass is 28.4. The van der Waals surface area contributed by atoms with E-state index in [4.69, 9.17) is 0 Å². The van der Waals surface area contributed by atoms with Gasteiger partial charge in [0.1, 0.15) is 0 Å². The third kappa shape index (κ3) is 1.98. The van der Waals surface area contributed by atoms with Crippen LogP contribution in [0.5, 0.6) is 0 Å². The zero-order valence-corrected chi connectivity index (χ0v) is 22.9. The van der Waals surface area contributed by atoms with Crippen molar-refractivity contribution in [1.29, 1.82) is 0 Å². The van der Waals surface area contributed by atoms with Crippen molar-refractivity contribution in [2.45, 2.75) is 26.2 Å². The number of nitrogens with zero attached hydrogens (tertiary/aromatic N) is 4. The molecule has 36 heavy (non-hydrogen) atoms. The highest BCUT2D eigenvalue weighted by Crippen LogP contribution is 2.46. The van der Waals surface area contributed by atoms with Gasteiger partial charge in [0.15, 0.2) is 0 Å². The van der Waals surface area contributed by atoms with Gasteiger partial charge in [-0.3, -0.25) is 0 Å². The molecule has 0 spiro atoms. The molecule has 0 bridgehead atoms. The van der Waals surface area contributed by atoms with Gasteiger partial charge in [-0.05, 0) is 85.5 Å². The van der Waals surface area contributed by atoms with Gasteiger partial charge in [-0.2, -0.15) is 0 Å². The van der Waals surface area contributed by atoms with Gasteiger partial charge in [0, 0.05) is 32.8 Å². The summed E-state index contributed by atoms with van der Waals surface area (Å²) in [5.41, 5.74) is 11.0. The maximum Gasteiger partial charge on any atom is 0.267 e. The molecule has 0 saturated carbocycles. The van der Waals surface area contributed by atoms with Crippen LogP contribution in [0.1, 0.15) is 0 Å². The second-order valence-electron chi connectivity index (χ2n) is 11.5. The van der Waals surface area contributed by atoms with E-state index in [0.717, 1.165) is 0 Å². The third-order valence-electron chi connectivity index (χ3n) is 8.86. The minimum Gasteiger partial charge on any atom is -0.348 e. The molecule has 0 N–H and O–H groups in total. The molecule has 7 aromatic rings. The molecule has 174 valence electrons. The van der Waals surface area contributed by atoms with Gasteiger partial charge in [-0.25, -0.2) is 0 Å².